The molecule has 2 aromatic rings. The van der Waals surface area contributed by atoms with Crippen molar-refractivity contribution in [3.63, 3.8) is 0 Å². The quantitative estimate of drug-likeness (QED) is 0.536. The maximum atomic E-state index is 13.3. The molecule has 0 unspecified atom stereocenters. The van der Waals surface area contributed by atoms with Crippen molar-refractivity contribution in [2.45, 2.75) is 6.18 Å². The Labute approximate surface area is 135 Å². The minimum Gasteiger partial charge on any atom is -0.492 e. The summed E-state index contributed by atoms with van der Waals surface area (Å²) in [5, 5.41) is 0. The molecule has 2 rings (SSSR count). The van der Waals surface area contributed by atoms with Crippen LogP contribution in [0, 0.1) is 13.0 Å². The van der Waals surface area contributed by atoms with Gasteiger partial charge in [0.25, 0.3) is 3.57 Å². The fourth-order valence-electron chi connectivity index (χ4n) is 1.78. The van der Waals surface area contributed by atoms with Gasteiger partial charge < -0.3 is 9.47 Å². The molecular formula is C15H12F4IO2+. The van der Waals surface area contributed by atoms with Gasteiger partial charge in [-0.1, -0.05) is 6.07 Å². The Morgan fingerprint density at radius 1 is 0.955 bits per heavy atom. The van der Waals surface area contributed by atoms with Gasteiger partial charge in [-0.15, -0.1) is 0 Å². The lowest BCUT2D eigenvalue weighted by Gasteiger charge is -2.07. The molecule has 0 saturated heterocycles. The van der Waals surface area contributed by atoms with Gasteiger partial charge in [-0.3, -0.25) is 0 Å². The van der Waals surface area contributed by atoms with Crippen molar-refractivity contribution in [2.75, 3.05) is 14.2 Å². The number of hydrogen-bond acceptors (Lipinski definition) is 2. The Bertz CT molecular complexity index is 649. The Kier molecular flexibility index (Phi) is 5.15. The highest BCUT2D eigenvalue weighted by molar-refractivity contribution is 5.32. The van der Waals surface area contributed by atoms with E-state index in [1.54, 1.807) is 18.2 Å². The van der Waals surface area contributed by atoms with Gasteiger partial charge in [-0.2, -0.15) is 13.2 Å². The van der Waals surface area contributed by atoms with Crippen LogP contribution in [0.2, 0.25) is 0 Å². The monoisotopic (exact) mass is 427 g/mol. The first-order valence-corrected chi connectivity index (χ1v) is 8.25. The number of benzene rings is 2. The molecule has 0 aliphatic heterocycles. The largest absolute Gasteiger partial charge is 0.492 e. The fourth-order valence-corrected chi connectivity index (χ4v) is 4.56. The molecule has 0 amide bonds. The summed E-state index contributed by atoms with van der Waals surface area (Å²) in [4.78, 5) is 0. The minimum absolute atomic E-state index is 0.426. The van der Waals surface area contributed by atoms with Gasteiger partial charge in [0.2, 0.25) is 0 Å². The average molecular weight is 427 g/mol. The Morgan fingerprint density at radius 3 is 2.05 bits per heavy atom. The summed E-state index contributed by atoms with van der Waals surface area (Å²) in [6.45, 7) is 0. The van der Waals surface area contributed by atoms with E-state index in [9.17, 15) is 17.6 Å². The van der Waals surface area contributed by atoms with Crippen LogP contribution in [0.25, 0.3) is 0 Å². The van der Waals surface area contributed by atoms with E-state index >= 15 is 0 Å². The number of ether oxygens (including phenoxy) is 2. The van der Waals surface area contributed by atoms with Crippen LogP contribution in [0.1, 0.15) is 5.56 Å². The van der Waals surface area contributed by atoms with E-state index in [1.807, 2.05) is 0 Å². The number of alkyl halides is 3. The summed E-state index contributed by atoms with van der Waals surface area (Å²) in [5.74, 6) is -0.178. The summed E-state index contributed by atoms with van der Waals surface area (Å²) in [7, 11) is 2.96. The van der Waals surface area contributed by atoms with Crippen LogP contribution in [0.15, 0.2) is 36.4 Å². The van der Waals surface area contributed by atoms with E-state index < -0.39 is 38.8 Å². The fraction of sp³-hybridized carbons (Fsp3) is 0.200. The summed E-state index contributed by atoms with van der Waals surface area (Å²) in [6.07, 6.45) is -4.71. The van der Waals surface area contributed by atoms with E-state index in [0.29, 0.717) is 18.6 Å². The molecule has 7 heteroatoms. The van der Waals surface area contributed by atoms with Crippen LogP contribution in [0.3, 0.4) is 0 Å². The van der Waals surface area contributed by atoms with Gasteiger partial charge in [0.15, 0.2) is 15.1 Å². The zero-order chi connectivity index (χ0) is 16.3. The van der Waals surface area contributed by atoms with Gasteiger partial charge >= 0.3 is 27.4 Å². The highest BCUT2D eigenvalue weighted by Gasteiger charge is 2.36. The van der Waals surface area contributed by atoms with Crippen molar-refractivity contribution < 1.29 is 48.2 Å². The molecule has 0 spiro atoms. The van der Waals surface area contributed by atoms with Crippen LogP contribution in [0.4, 0.5) is 17.6 Å². The van der Waals surface area contributed by atoms with E-state index in [2.05, 4.69) is 0 Å². The number of halogens is 5. The van der Waals surface area contributed by atoms with E-state index in [4.69, 9.17) is 9.47 Å². The number of hydrogen-bond donors (Lipinski definition) is 0. The second kappa shape index (κ2) is 6.72. The molecule has 118 valence electrons. The lowest BCUT2D eigenvalue weighted by molar-refractivity contribution is -0.599. The topological polar surface area (TPSA) is 18.5 Å². The normalized spacial score (nSPS) is 11.4. The molecule has 0 bridgehead atoms. The van der Waals surface area contributed by atoms with Crippen LogP contribution >= 0.6 is 0 Å². The summed E-state index contributed by atoms with van der Waals surface area (Å²) < 4.78 is 63.3. The van der Waals surface area contributed by atoms with E-state index in [-0.39, 0.29) is 0 Å². The predicted molar refractivity (Wildman–Crippen MR) is 68.3 cm³/mol. The molecule has 0 aliphatic carbocycles. The van der Waals surface area contributed by atoms with Gasteiger partial charge in [-0.05, 0) is 24.3 Å². The maximum Gasteiger partial charge on any atom is 0.419 e. The van der Waals surface area contributed by atoms with E-state index in [0.717, 1.165) is 12.1 Å². The molecule has 0 saturated carbocycles. The predicted octanol–water partition coefficient (Wildman–Crippen LogP) is 0.990. The highest BCUT2D eigenvalue weighted by Crippen LogP contribution is 2.30. The van der Waals surface area contributed by atoms with Crippen molar-refractivity contribution in [1.29, 1.82) is 0 Å². The van der Waals surface area contributed by atoms with Gasteiger partial charge in [0.05, 0.1) is 19.8 Å². The van der Waals surface area contributed by atoms with Crippen molar-refractivity contribution >= 4 is 0 Å². The third kappa shape index (κ3) is 3.63. The van der Waals surface area contributed by atoms with E-state index in [1.165, 1.54) is 20.3 Å². The van der Waals surface area contributed by atoms with Crippen molar-refractivity contribution in [3.05, 3.63) is 54.9 Å². The Morgan fingerprint density at radius 2 is 1.55 bits per heavy atom. The number of methoxy groups -OCH3 is 2. The third-order valence-electron chi connectivity index (χ3n) is 2.81. The van der Waals surface area contributed by atoms with Gasteiger partial charge in [0, 0.05) is 6.07 Å². The van der Waals surface area contributed by atoms with Crippen LogP contribution in [-0.4, -0.2) is 14.2 Å². The molecule has 2 aromatic carbocycles. The molecule has 0 atom stereocenters. The van der Waals surface area contributed by atoms with Crippen LogP contribution < -0.4 is 30.7 Å². The molecule has 0 N–H and O–H groups in total. The maximum absolute atomic E-state index is 13.3. The lowest BCUT2D eigenvalue weighted by Crippen LogP contribution is -3.61. The molecule has 0 fully saturated rings. The average Bonchev–Trinajstić information content (AvgIpc) is 2.48. The third-order valence-corrected chi connectivity index (χ3v) is 5.70. The van der Waals surface area contributed by atoms with Crippen LogP contribution in [-0.2, 0) is 6.18 Å². The van der Waals surface area contributed by atoms with Gasteiger partial charge in [0.1, 0.15) is 5.82 Å². The molecule has 0 aliphatic rings. The second-order valence-corrected chi connectivity index (χ2v) is 7.06. The Balaban J connectivity index is 2.44. The van der Waals surface area contributed by atoms with Crippen LogP contribution in [0.5, 0.6) is 11.5 Å². The zero-order valence-electron chi connectivity index (χ0n) is 11.7. The Hall–Kier alpha value is -1.51. The summed E-state index contributed by atoms with van der Waals surface area (Å²) >= 11 is -1.02. The summed E-state index contributed by atoms with van der Waals surface area (Å²) in [5.41, 5.74) is -1.25. The SMILES string of the molecule is COc1cccc(OC)c1[I+]c1ccc(F)c(C(F)(F)F)c1. The minimum atomic E-state index is -4.71. The molecule has 0 radical (unpaired) electrons. The van der Waals surface area contributed by atoms with Gasteiger partial charge in [-0.25, -0.2) is 4.39 Å². The molecule has 22 heavy (non-hydrogen) atoms. The van der Waals surface area contributed by atoms with Crippen molar-refractivity contribution in [1.82, 2.24) is 0 Å². The van der Waals surface area contributed by atoms with Crippen molar-refractivity contribution in [3.8, 4) is 11.5 Å². The first-order valence-electron chi connectivity index (χ1n) is 6.09. The molecular weight excluding hydrogens is 415 g/mol. The molecule has 2 nitrogen and oxygen atoms in total. The first kappa shape index (κ1) is 16.9. The number of rotatable bonds is 4. The highest BCUT2D eigenvalue weighted by atomic mass is 127. The lowest BCUT2D eigenvalue weighted by atomic mass is 10.2. The molecule has 0 heterocycles. The summed E-state index contributed by atoms with van der Waals surface area (Å²) in [6, 6.07) is 8.23. The van der Waals surface area contributed by atoms with Crippen molar-refractivity contribution in [2.24, 2.45) is 0 Å². The first-order chi connectivity index (χ1) is 10.4. The standard InChI is InChI=1S/C15H12F4IO2/c1-21-12-4-3-5-13(22-2)14(12)20-9-6-7-11(16)10(8-9)15(17,18)19/h3-8H,1-2H3/q+1. The smallest absolute Gasteiger partial charge is 0.419 e. The molecule has 0 aromatic heterocycles. The second-order valence-electron chi connectivity index (χ2n) is 4.19. The zero-order valence-corrected chi connectivity index (χ0v) is 13.8.